The van der Waals surface area contributed by atoms with Crippen LogP contribution in [-0.4, -0.2) is 59.0 Å². The second-order valence-corrected chi connectivity index (χ2v) is 5.18. The van der Waals surface area contributed by atoms with Crippen molar-refractivity contribution in [3.05, 3.63) is 18.5 Å². The first-order valence-electron chi connectivity index (χ1n) is 7.46. The van der Waals surface area contributed by atoms with Crippen molar-refractivity contribution in [2.75, 3.05) is 31.5 Å². The second-order valence-electron chi connectivity index (χ2n) is 5.18. The van der Waals surface area contributed by atoms with Crippen molar-refractivity contribution in [1.29, 1.82) is 0 Å². The summed E-state index contributed by atoms with van der Waals surface area (Å²) in [4.78, 5) is 32.9. The zero-order chi connectivity index (χ0) is 15.8. The molecule has 1 fully saturated rings. The van der Waals surface area contributed by atoms with Gasteiger partial charge in [0.2, 0.25) is 11.9 Å². The molecule has 2 heterocycles. The highest BCUT2D eigenvalue weighted by Gasteiger charge is 2.21. The fourth-order valence-corrected chi connectivity index (χ4v) is 2.32. The minimum absolute atomic E-state index is 0.0945. The molecule has 0 saturated carbocycles. The second kappa shape index (κ2) is 8.16. The first-order chi connectivity index (χ1) is 10.6. The lowest BCUT2D eigenvalue weighted by molar-refractivity contribution is -0.129. The van der Waals surface area contributed by atoms with Crippen LogP contribution in [0.1, 0.15) is 19.8 Å². The van der Waals surface area contributed by atoms with E-state index in [9.17, 15) is 9.59 Å². The summed E-state index contributed by atoms with van der Waals surface area (Å²) in [6.07, 6.45) is 4.90. The maximum Gasteiger partial charge on any atom is 0.315 e. The summed E-state index contributed by atoms with van der Waals surface area (Å²) in [7, 11) is 0. The first-order valence-corrected chi connectivity index (χ1v) is 7.46. The normalized spacial score (nSPS) is 15.2. The average molecular weight is 306 g/mol. The molecule has 3 N–H and O–H groups in total. The molecule has 1 aliphatic rings. The third-order valence-corrected chi connectivity index (χ3v) is 3.53. The van der Waals surface area contributed by atoms with Crippen LogP contribution < -0.4 is 16.0 Å². The Bertz CT molecular complexity index is 487. The fraction of sp³-hybridized carbons (Fsp3) is 0.571. The van der Waals surface area contributed by atoms with Crippen molar-refractivity contribution in [2.45, 2.75) is 25.8 Å². The van der Waals surface area contributed by atoms with Gasteiger partial charge in [0, 0.05) is 51.5 Å². The quantitative estimate of drug-likeness (QED) is 0.675. The molecule has 0 atom stereocenters. The van der Waals surface area contributed by atoms with E-state index in [1.165, 1.54) is 0 Å². The van der Waals surface area contributed by atoms with E-state index in [1.807, 2.05) is 0 Å². The lowest BCUT2D eigenvalue weighted by Crippen LogP contribution is -2.49. The number of likely N-dealkylation sites (tertiary alicyclic amines) is 1. The summed E-state index contributed by atoms with van der Waals surface area (Å²) in [5.41, 5.74) is 0. The monoisotopic (exact) mass is 306 g/mol. The highest BCUT2D eigenvalue weighted by atomic mass is 16.2. The van der Waals surface area contributed by atoms with Crippen LogP contribution in [0.2, 0.25) is 0 Å². The van der Waals surface area contributed by atoms with Crippen molar-refractivity contribution >= 4 is 17.9 Å². The molecule has 22 heavy (non-hydrogen) atoms. The molecule has 1 saturated heterocycles. The van der Waals surface area contributed by atoms with Gasteiger partial charge in [-0.3, -0.25) is 4.79 Å². The summed E-state index contributed by atoms with van der Waals surface area (Å²) in [6, 6.07) is 1.69. The van der Waals surface area contributed by atoms with E-state index in [-0.39, 0.29) is 18.0 Å². The number of piperidine rings is 1. The number of carbonyl (C=O) groups is 2. The minimum Gasteiger partial charge on any atom is -0.352 e. The molecule has 1 aromatic rings. The van der Waals surface area contributed by atoms with Crippen LogP contribution in [0.4, 0.5) is 10.7 Å². The van der Waals surface area contributed by atoms with Crippen molar-refractivity contribution < 1.29 is 9.59 Å². The van der Waals surface area contributed by atoms with Crippen LogP contribution in [0.25, 0.3) is 0 Å². The average Bonchev–Trinajstić information content (AvgIpc) is 2.53. The summed E-state index contributed by atoms with van der Waals surface area (Å²) in [6.45, 7) is 4.01. The summed E-state index contributed by atoms with van der Waals surface area (Å²) >= 11 is 0. The number of hydrogen-bond donors (Lipinski definition) is 3. The zero-order valence-corrected chi connectivity index (χ0v) is 12.7. The number of anilines is 1. The molecule has 1 aliphatic heterocycles. The van der Waals surface area contributed by atoms with Crippen LogP contribution in [-0.2, 0) is 4.79 Å². The largest absolute Gasteiger partial charge is 0.352 e. The Labute approximate surface area is 129 Å². The molecule has 0 radical (unpaired) electrons. The van der Waals surface area contributed by atoms with Gasteiger partial charge in [0.15, 0.2) is 0 Å². The van der Waals surface area contributed by atoms with Crippen LogP contribution in [0.3, 0.4) is 0 Å². The van der Waals surface area contributed by atoms with Crippen molar-refractivity contribution in [3.63, 3.8) is 0 Å². The topological polar surface area (TPSA) is 99.2 Å². The number of amides is 3. The fourth-order valence-electron chi connectivity index (χ4n) is 2.32. The molecule has 0 bridgehead atoms. The number of nitrogens with zero attached hydrogens (tertiary/aromatic N) is 3. The highest BCUT2D eigenvalue weighted by molar-refractivity contribution is 5.75. The van der Waals surface area contributed by atoms with Gasteiger partial charge < -0.3 is 20.9 Å². The van der Waals surface area contributed by atoms with Gasteiger partial charge in [-0.25, -0.2) is 14.8 Å². The molecular weight excluding hydrogens is 284 g/mol. The standard InChI is InChI=1S/C14H22N6O2/c1-11(21)20-9-3-12(4-10-20)19-14(22)18-8-7-17-13-15-5-2-6-16-13/h2,5-6,12H,3-4,7-10H2,1H3,(H,15,16,17)(H2,18,19,22). The van der Waals surface area contributed by atoms with Gasteiger partial charge in [0.1, 0.15) is 0 Å². The minimum atomic E-state index is -0.183. The predicted octanol–water partition coefficient (Wildman–Crippen LogP) is 0.199. The summed E-state index contributed by atoms with van der Waals surface area (Å²) in [5.74, 6) is 0.637. The Kier molecular flexibility index (Phi) is 5.93. The van der Waals surface area contributed by atoms with E-state index in [0.29, 0.717) is 32.1 Å². The number of urea groups is 1. The van der Waals surface area contributed by atoms with E-state index in [1.54, 1.807) is 30.3 Å². The Balaban J connectivity index is 1.57. The number of rotatable bonds is 5. The Morgan fingerprint density at radius 3 is 2.55 bits per heavy atom. The van der Waals surface area contributed by atoms with Crippen LogP contribution >= 0.6 is 0 Å². The number of aromatic nitrogens is 2. The van der Waals surface area contributed by atoms with Gasteiger partial charge >= 0.3 is 6.03 Å². The van der Waals surface area contributed by atoms with Gasteiger partial charge in [-0.2, -0.15) is 0 Å². The van der Waals surface area contributed by atoms with Gasteiger partial charge in [0.25, 0.3) is 0 Å². The van der Waals surface area contributed by atoms with E-state index in [2.05, 4.69) is 25.9 Å². The van der Waals surface area contributed by atoms with Gasteiger partial charge in [-0.15, -0.1) is 0 Å². The van der Waals surface area contributed by atoms with Crippen LogP contribution in [0.15, 0.2) is 18.5 Å². The lowest BCUT2D eigenvalue weighted by atomic mass is 10.1. The molecule has 0 aliphatic carbocycles. The molecule has 3 amide bonds. The van der Waals surface area contributed by atoms with Gasteiger partial charge in [-0.05, 0) is 18.9 Å². The molecule has 120 valence electrons. The zero-order valence-electron chi connectivity index (χ0n) is 12.7. The molecule has 0 aromatic carbocycles. The number of hydrogen-bond acceptors (Lipinski definition) is 5. The molecule has 2 rings (SSSR count). The maximum atomic E-state index is 11.8. The highest BCUT2D eigenvalue weighted by Crippen LogP contribution is 2.09. The van der Waals surface area contributed by atoms with Crippen molar-refractivity contribution in [2.24, 2.45) is 0 Å². The molecule has 8 nitrogen and oxygen atoms in total. The Hall–Kier alpha value is -2.38. The van der Waals surface area contributed by atoms with Crippen molar-refractivity contribution in [1.82, 2.24) is 25.5 Å². The van der Waals surface area contributed by atoms with Crippen LogP contribution in [0.5, 0.6) is 0 Å². The van der Waals surface area contributed by atoms with Crippen molar-refractivity contribution in [3.8, 4) is 0 Å². The maximum absolute atomic E-state index is 11.8. The van der Waals surface area contributed by atoms with E-state index in [0.717, 1.165) is 12.8 Å². The SMILES string of the molecule is CC(=O)N1CCC(NC(=O)NCCNc2ncccn2)CC1. The van der Waals surface area contributed by atoms with E-state index >= 15 is 0 Å². The lowest BCUT2D eigenvalue weighted by Gasteiger charge is -2.31. The third kappa shape index (κ3) is 5.19. The predicted molar refractivity (Wildman–Crippen MR) is 82.3 cm³/mol. The van der Waals surface area contributed by atoms with Gasteiger partial charge in [-0.1, -0.05) is 0 Å². The molecule has 8 heteroatoms. The van der Waals surface area contributed by atoms with Crippen LogP contribution in [0, 0.1) is 0 Å². The summed E-state index contributed by atoms with van der Waals surface area (Å²) in [5, 5.41) is 8.73. The summed E-state index contributed by atoms with van der Waals surface area (Å²) < 4.78 is 0. The number of carbonyl (C=O) groups excluding carboxylic acids is 2. The molecule has 1 aromatic heterocycles. The number of nitrogens with one attached hydrogen (secondary N) is 3. The Morgan fingerprint density at radius 2 is 1.91 bits per heavy atom. The van der Waals surface area contributed by atoms with E-state index in [4.69, 9.17) is 0 Å². The first kappa shape index (κ1) is 16.0. The third-order valence-electron chi connectivity index (χ3n) is 3.53. The molecular formula is C14H22N6O2. The van der Waals surface area contributed by atoms with E-state index < -0.39 is 0 Å². The van der Waals surface area contributed by atoms with Gasteiger partial charge in [0.05, 0.1) is 0 Å². The molecule has 0 spiro atoms. The molecule has 0 unspecified atom stereocenters. The Morgan fingerprint density at radius 1 is 1.23 bits per heavy atom. The smallest absolute Gasteiger partial charge is 0.315 e.